The van der Waals surface area contributed by atoms with Crippen LogP contribution in [-0.4, -0.2) is 42.8 Å². The van der Waals surface area contributed by atoms with Gasteiger partial charge in [-0.05, 0) is 40.2 Å². The maximum absolute atomic E-state index is 11.6. The Balaban J connectivity index is 3.65. The van der Waals surface area contributed by atoms with Crippen LogP contribution in [0.2, 0.25) is 0 Å². The first-order chi connectivity index (χ1) is 7.72. The van der Waals surface area contributed by atoms with Gasteiger partial charge >= 0.3 is 6.09 Å². The largest absolute Gasteiger partial charge is 0.444 e. The lowest BCUT2D eigenvalue weighted by atomic mass is 10.2. The summed E-state index contributed by atoms with van der Waals surface area (Å²) in [6.07, 6.45) is 1.83. The third kappa shape index (κ3) is 10.1. The maximum Gasteiger partial charge on any atom is 0.410 e. The summed E-state index contributed by atoms with van der Waals surface area (Å²) in [6.45, 7) is 11.6. The van der Waals surface area contributed by atoms with E-state index in [-0.39, 0.29) is 6.09 Å². The van der Waals surface area contributed by atoms with E-state index in [1.165, 1.54) is 0 Å². The molecule has 0 spiro atoms. The van der Waals surface area contributed by atoms with Crippen LogP contribution in [0.25, 0.3) is 0 Å². The zero-order chi connectivity index (χ0) is 13.5. The number of amides is 1. The van der Waals surface area contributed by atoms with Gasteiger partial charge in [0.1, 0.15) is 5.60 Å². The topological polar surface area (TPSA) is 41.6 Å². The van der Waals surface area contributed by atoms with Crippen molar-refractivity contribution in [1.29, 1.82) is 0 Å². The van der Waals surface area contributed by atoms with Crippen LogP contribution in [0.4, 0.5) is 4.79 Å². The minimum atomic E-state index is -0.412. The van der Waals surface area contributed by atoms with E-state index >= 15 is 0 Å². The molecule has 0 aliphatic heterocycles. The van der Waals surface area contributed by atoms with E-state index in [0.29, 0.717) is 6.04 Å². The zero-order valence-electron chi connectivity index (χ0n) is 12.2. The Morgan fingerprint density at radius 2 is 1.88 bits per heavy atom. The first-order valence-electron chi connectivity index (χ1n) is 6.40. The molecular formula is C13H28N2O2. The van der Waals surface area contributed by atoms with E-state index in [2.05, 4.69) is 19.2 Å². The second-order valence-corrected chi connectivity index (χ2v) is 5.72. The van der Waals surface area contributed by atoms with Gasteiger partial charge in [-0.3, -0.25) is 0 Å². The highest BCUT2D eigenvalue weighted by atomic mass is 16.6. The van der Waals surface area contributed by atoms with Crippen molar-refractivity contribution in [2.24, 2.45) is 0 Å². The van der Waals surface area contributed by atoms with Gasteiger partial charge in [-0.2, -0.15) is 0 Å². The number of hydrogen-bond acceptors (Lipinski definition) is 3. The second-order valence-electron chi connectivity index (χ2n) is 5.72. The first kappa shape index (κ1) is 16.2. The average Bonchev–Trinajstić information content (AvgIpc) is 2.13. The van der Waals surface area contributed by atoms with Crippen molar-refractivity contribution in [2.75, 3.05) is 20.1 Å². The Labute approximate surface area is 106 Å². The third-order valence-corrected chi connectivity index (χ3v) is 2.18. The van der Waals surface area contributed by atoms with Crippen LogP contribution < -0.4 is 5.32 Å². The van der Waals surface area contributed by atoms with Gasteiger partial charge in [0.25, 0.3) is 0 Å². The molecule has 4 nitrogen and oxygen atoms in total. The summed E-state index contributed by atoms with van der Waals surface area (Å²) in [4.78, 5) is 13.3. The van der Waals surface area contributed by atoms with Crippen LogP contribution in [0.3, 0.4) is 0 Å². The summed E-state index contributed by atoms with van der Waals surface area (Å²) < 4.78 is 5.27. The molecule has 102 valence electrons. The second kappa shape index (κ2) is 7.54. The van der Waals surface area contributed by atoms with Crippen LogP contribution in [0.15, 0.2) is 0 Å². The number of unbranched alkanes of at least 4 members (excludes halogenated alkanes) is 1. The van der Waals surface area contributed by atoms with Gasteiger partial charge in [-0.1, -0.05) is 13.8 Å². The normalized spacial score (nSPS) is 11.7. The molecule has 0 rings (SSSR count). The molecular weight excluding hydrogens is 216 g/mol. The molecule has 0 saturated carbocycles. The highest BCUT2D eigenvalue weighted by Crippen LogP contribution is 2.09. The fourth-order valence-corrected chi connectivity index (χ4v) is 1.30. The number of nitrogens with one attached hydrogen (secondary N) is 1. The van der Waals surface area contributed by atoms with Crippen LogP contribution in [0.5, 0.6) is 0 Å². The summed E-state index contributed by atoms with van der Waals surface area (Å²) >= 11 is 0. The molecule has 1 amide bonds. The molecule has 0 aromatic heterocycles. The average molecular weight is 244 g/mol. The fraction of sp³-hybridized carbons (Fsp3) is 0.923. The molecule has 17 heavy (non-hydrogen) atoms. The van der Waals surface area contributed by atoms with Gasteiger partial charge in [-0.25, -0.2) is 4.79 Å². The lowest BCUT2D eigenvalue weighted by Gasteiger charge is -2.24. The zero-order valence-corrected chi connectivity index (χ0v) is 12.2. The molecule has 0 radical (unpaired) electrons. The molecule has 0 aromatic carbocycles. The Bertz CT molecular complexity index is 222. The minimum Gasteiger partial charge on any atom is -0.444 e. The number of rotatable bonds is 6. The molecule has 0 unspecified atom stereocenters. The smallest absolute Gasteiger partial charge is 0.410 e. The van der Waals surface area contributed by atoms with E-state index in [0.717, 1.165) is 25.9 Å². The Morgan fingerprint density at radius 3 is 2.35 bits per heavy atom. The van der Waals surface area contributed by atoms with Gasteiger partial charge in [0.15, 0.2) is 0 Å². The van der Waals surface area contributed by atoms with E-state index in [1.54, 1.807) is 11.9 Å². The van der Waals surface area contributed by atoms with Crippen molar-refractivity contribution in [3.05, 3.63) is 0 Å². The molecule has 0 aliphatic carbocycles. The van der Waals surface area contributed by atoms with Crippen molar-refractivity contribution in [3.63, 3.8) is 0 Å². The first-order valence-corrected chi connectivity index (χ1v) is 6.40. The lowest BCUT2D eigenvalue weighted by molar-refractivity contribution is 0.0296. The number of nitrogens with zero attached hydrogens (tertiary/aromatic N) is 1. The van der Waals surface area contributed by atoms with E-state index in [1.807, 2.05) is 20.8 Å². The quantitative estimate of drug-likeness (QED) is 0.730. The molecule has 0 aliphatic rings. The molecule has 0 atom stereocenters. The molecule has 0 saturated heterocycles. The van der Waals surface area contributed by atoms with Crippen molar-refractivity contribution in [1.82, 2.24) is 10.2 Å². The summed E-state index contributed by atoms with van der Waals surface area (Å²) in [5, 5.41) is 3.35. The van der Waals surface area contributed by atoms with E-state index < -0.39 is 5.60 Å². The third-order valence-electron chi connectivity index (χ3n) is 2.18. The van der Waals surface area contributed by atoms with E-state index in [9.17, 15) is 4.79 Å². The summed E-state index contributed by atoms with van der Waals surface area (Å²) in [5.41, 5.74) is -0.412. The van der Waals surface area contributed by atoms with Crippen molar-refractivity contribution < 1.29 is 9.53 Å². The fourth-order valence-electron chi connectivity index (χ4n) is 1.30. The molecule has 1 N–H and O–H groups in total. The summed E-state index contributed by atoms with van der Waals surface area (Å²) in [5.74, 6) is 0. The predicted octanol–water partition coefficient (Wildman–Crippen LogP) is 2.63. The molecule has 0 heterocycles. The van der Waals surface area contributed by atoms with Crippen LogP contribution in [0.1, 0.15) is 47.5 Å². The predicted molar refractivity (Wildman–Crippen MR) is 71.2 cm³/mol. The van der Waals surface area contributed by atoms with Crippen molar-refractivity contribution in [2.45, 2.75) is 59.1 Å². The number of hydrogen-bond donors (Lipinski definition) is 1. The van der Waals surface area contributed by atoms with Gasteiger partial charge in [-0.15, -0.1) is 0 Å². The van der Waals surface area contributed by atoms with E-state index in [4.69, 9.17) is 4.74 Å². The van der Waals surface area contributed by atoms with Crippen molar-refractivity contribution in [3.8, 4) is 0 Å². The number of carbonyl (C=O) groups is 1. The summed E-state index contributed by atoms with van der Waals surface area (Å²) in [7, 11) is 1.78. The molecule has 0 aromatic rings. The SMILES string of the molecule is CC(C)NCCCCN(C)C(=O)OC(C)(C)C. The van der Waals surface area contributed by atoms with Crippen LogP contribution in [-0.2, 0) is 4.74 Å². The van der Waals surface area contributed by atoms with Crippen LogP contribution in [0, 0.1) is 0 Å². The van der Waals surface area contributed by atoms with Gasteiger partial charge in [0, 0.05) is 19.6 Å². The maximum atomic E-state index is 11.6. The molecule has 0 bridgehead atoms. The van der Waals surface area contributed by atoms with Gasteiger partial charge < -0.3 is 15.0 Å². The minimum absolute atomic E-state index is 0.241. The lowest BCUT2D eigenvalue weighted by Crippen LogP contribution is -2.35. The standard InChI is InChI=1S/C13H28N2O2/c1-11(2)14-9-7-8-10-15(6)12(16)17-13(3,4)5/h11,14H,7-10H2,1-6H3. The molecule has 0 fully saturated rings. The van der Waals surface area contributed by atoms with Gasteiger partial charge in [0.05, 0.1) is 0 Å². The monoisotopic (exact) mass is 244 g/mol. The summed E-state index contributed by atoms with van der Waals surface area (Å²) in [6, 6.07) is 0.526. The molecule has 4 heteroatoms. The Kier molecular flexibility index (Phi) is 7.19. The highest BCUT2D eigenvalue weighted by Gasteiger charge is 2.18. The number of ether oxygens (including phenoxy) is 1. The highest BCUT2D eigenvalue weighted by molar-refractivity contribution is 5.67. The van der Waals surface area contributed by atoms with Gasteiger partial charge in [0.2, 0.25) is 0 Å². The Hall–Kier alpha value is -0.770. The Morgan fingerprint density at radius 1 is 1.29 bits per heavy atom. The number of carbonyl (C=O) groups excluding carboxylic acids is 1. The van der Waals surface area contributed by atoms with Crippen LogP contribution >= 0.6 is 0 Å². The van der Waals surface area contributed by atoms with Crippen molar-refractivity contribution >= 4 is 6.09 Å².